The summed E-state index contributed by atoms with van der Waals surface area (Å²) >= 11 is 9.56. The van der Waals surface area contributed by atoms with Crippen LogP contribution in [-0.2, 0) is 4.74 Å². The molecule has 0 fully saturated rings. The van der Waals surface area contributed by atoms with Crippen molar-refractivity contribution in [3.8, 4) is 0 Å². The van der Waals surface area contributed by atoms with Crippen molar-refractivity contribution in [1.82, 2.24) is 9.97 Å². The number of nitrogens with zero attached hydrogens (tertiary/aromatic N) is 1. The van der Waals surface area contributed by atoms with Crippen molar-refractivity contribution < 1.29 is 13.9 Å². The average molecular weight is 455 g/mol. The van der Waals surface area contributed by atoms with E-state index in [0.29, 0.717) is 22.8 Å². The Balaban J connectivity index is 1.98. The Morgan fingerprint density at radius 3 is 2.96 bits per heavy atom. The third-order valence-electron chi connectivity index (χ3n) is 4.02. The van der Waals surface area contributed by atoms with Crippen LogP contribution in [0.15, 0.2) is 35.1 Å². The van der Waals surface area contributed by atoms with Crippen LogP contribution in [0.3, 0.4) is 0 Å². The number of carbonyl (C=O) groups excluding carboxylic acids is 1. The van der Waals surface area contributed by atoms with Gasteiger partial charge in [-0.05, 0) is 30.7 Å². The second-order valence-electron chi connectivity index (χ2n) is 5.99. The van der Waals surface area contributed by atoms with E-state index in [4.69, 9.17) is 16.3 Å². The molecule has 0 saturated carbocycles. The Morgan fingerprint density at radius 1 is 1.41 bits per heavy atom. The van der Waals surface area contributed by atoms with E-state index in [1.807, 2.05) is 6.92 Å². The molecule has 142 valence electrons. The Hall–Kier alpha value is -1.96. The number of hydrogen-bond acceptors (Lipinski definition) is 4. The number of anilines is 2. The molecule has 0 radical (unpaired) electrons. The standard InChI is InChI=1S/C19H18BrClFN3O2/c1-2-3-6-27-9-16(26)12-8-15-19(24-10-23-15)17(22)18(12)25-14-5-4-11(20)7-13(14)21/h4-5,7-8,10,25H,2-3,6,9H2,1H3,(H,23,24). The summed E-state index contributed by atoms with van der Waals surface area (Å²) in [5, 5.41) is 3.33. The first-order valence-corrected chi connectivity index (χ1v) is 9.67. The summed E-state index contributed by atoms with van der Waals surface area (Å²) in [5.41, 5.74) is 1.28. The molecule has 0 amide bonds. The zero-order valence-electron chi connectivity index (χ0n) is 14.6. The minimum absolute atomic E-state index is 0.0305. The SMILES string of the molecule is CCCCOCC(=O)c1cc2[nH]cnc2c(F)c1Nc1ccc(Br)cc1Cl. The summed E-state index contributed by atoms with van der Waals surface area (Å²) in [6, 6.07) is 6.73. The quantitative estimate of drug-likeness (QED) is 0.330. The van der Waals surface area contributed by atoms with Gasteiger partial charge < -0.3 is 15.0 Å². The number of ether oxygens (including phenoxy) is 1. The number of benzene rings is 2. The van der Waals surface area contributed by atoms with Gasteiger partial charge >= 0.3 is 0 Å². The topological polar surface area (TPSA) is 67.0 Å². The monoisotopic (exact) mass is 453 g/mol. The van der Waals surface area contributed by atoms with Gasteiger partial charge in [-0.2, -0.15) is 0 Å². The molecular formula is C19H18BrClFN3O2. The molecule has 0 spiro atoms. The summed E-state index contributed by atoms with van der Waals surface area (Å²) in [5.74, 6) is -0.943. The van der Waals surface area contributed by atoms with Gasteiger partial charge in [0.25, 0.3) is 0 Å². The van der Waals surface area contributed by atoms with Gasteiger partial charge in [0.15, 0.2) is 11.6 Å². The van der Waals surface area contributed by atoms with Gasteiger partial charge in [-0.1, -0.05) is 40.9 Å². The number of rotatable bonds is 8. The second-order valence-corrected chi connectivity index (χ2v) is 7.31. The molecule has 1 heterocycles. The smallest absolute Gasteiger partial charge is 0.190 e. The fourth-order valence-corrected chi connectivity index (χ4v) is 3.32. The van der Waals surface area contributed by atoms with Crippen molar-refractivity contribution in [2.75, 3.05) is 18.5 Å². The van der Waals surface area contributed by atoms with Gasteiger partial charge in [0.1, 0.15) is 12.1 Å². The molecule has 3 rings (SSSR count). The maximum Gasteiger partial charge on any atom is 0.190 e. The Morgan fingerprint density at radius 2 is 2.22 bits per heavy atom. The number of Topliss-reactive ketones (excluding diaryl/α,β-unsaturated/α-hetero) is 1. The maximum absolute atomic E-state index is 15.1. The molecule has 2 N–H and O–H groups in total. The van der Waals surface area contributed by atoms with E-state index in [-0.39, 0.29) is 29.2 Å². The van der Waals surface area contributed by atoms with Gasteiger partial charge in [-0.15, -0.1) is 0 Å². The lowest BCUT2D eigenvalue weighted by Crippen LogP contribution is -2.13. The Bertz CT molecular complexity index is 977. The molecule has 0 aliphatic heterocycles. The molecule has 0 bridgehead atoms. The van der Waals surface area contributed by atoms with E-state index in [2.05, 4.69) is 31.2 Å². The van der Waals surface area contributed by atoms with E-state index < -0.39 is 5.82 Å². The van der Waals surface area contributed by atoms with Crippen LogP contribution in [0.1, 0.15) is 30.1 Å². The molecule has 0 unspecified atom stereocenters. The predicted octanol–water partition coefficient (Wildman–Crippen LogP) is 5.86. The van der Waals surface area contributed by atoms with Gasteiger partial charge in [0.2, 0.25) is 0 Å². The van der Waals surface area contributed by atoms with Gasteiger partial charge in [-0.3, -0.25) is 4.79 Å². The van der Waals surface area contributed by atoms with Gasteiger partial charge in [0.05, 0.1) is 28.2 Å². The number of H-pyrrole nitrogens is 1. The summed E-state index contributed by atoms with van der Waals surface area (Å²) in [4.78, 5) is 19.5. The predicted molar refractivity (Wildman–Crippen MR) is 109 cm³/mol. The molecular weight excluding hydrogens is 437 g/mol. The van der Waals surface area contributed by atoms with E-state index in [1.54, 1.807) is 24.3 Å². The number of carbonyl (C=O) groups is 1. The lowest BCUT2D eigenvalue weighted by molar-refractivity contribution is 0.0755. The van der Waals surface area contributed by atoms with Gasteiger partial charge in [-0.25, -0.2) is 9.37 Å². The first kappa shape index (κ1) is 19.8. The summed E-state index contributed by atoms with van der Waals surface area (Å²) in [6.45, 7) is 2.40. The number of hydrogen-bond donors (Lipinski definition) is 2. The molecule has 0 saturated heterocycles. The lowest BCUT2D eigenvalue weighted by Gasteiger charge is -2.14. The number of ketones is 1. The maximum atomic E-state index is 15.1. The van der Waals surface area contributed by atoms with Gasteiger partial charge in [0, 0.05) is 16.6 Å². The number of fused-ring (bicyclic) bond motifs is 1. The van der Waals surface area contributed by atoms with Crippen molar-refractivity contribution in [3.63, 3.8) is 0 Å². The molecule has 8 heteroatoms. The highest BCUT2D eigenvalue weighted by Gasteiger charge is 2.21. The average Bonchev–Trinajstić information content (AvgIpc) is 3.11. The van der Waals surface area contributed by atoms with Crippen molar-refractivity contribution in [1.29, 1.82) is 0 Å². The van der Waals surface area contributed by atoms with Crippen LogP contribution in [0.25, 0.3) is 11.0 Å². The molecule has 3 aromatic rings. The highest BCUT2D eigenvalue weighted by Crippen LogP contribution is 2.34. The lowest BCUT2D eigenvalue weighted by atomic mass is 10.1. The Kier molecular flexibility index (Phi) is 6.46. The van der Waals surface area contributed by atoms with Crippen molar-refractivity contribution in [2.24, 2.45) is 0 Å². The van der Waals surface area contributed by atoms with Crippen LogP contribution in [0, 0.1) is 5.82 Å². The van der Waals surface area contributed by atoms with Crippen molar-refractivity contribution in [2.45, 2.75) is 19.8 Å². The highest BCUT2D eigenvalue weighted by atomic mass is 79.9. The van der Waals surface area contributed by atoms with Crippen LogP contribution in [-0.4, -0.2) is 29.0 Å². The molecule has 0 atom stereocenters. The normalized spacial score (nSPS) is 11.1. The summed E-state index contributed by atoms with van der Waals surface area (Å²) < 4.78 is 21.3. The zero-order valence-corrected chi connectivity index (χ0v) is 17.0. The number of nitrogens with one attached hydrogen (secondary N) is 2. The minimum Gasteiger partial charge on any atom is -0.373 e. The van der Waals surface area contributed by atoms with E-state index in [9.17, 15) is 4.79 Å². The van der Waals surface area contributed by atoms with E-state index in [0.717, 1.165) is 17.3 Å². The summed E-state index contributed by atoms with van der Waals surface area (Å²) in [6.07, 6.45) is 3.22. The van der Waals surface area contributed by atoms with Crippen LogP contribution in [0.2, 0.25) is 5.02 Å². The second kappa shape index (κ2) is 8.82. The molecule has 2 aromatic carbocycles. The first-order chi connectivity index (χ1) is 13.0. The molecule has 0 aliphatic rings. The number of aromatic nitrogens is 2. The van der Waals surface area contributed by atoms with E-state index in [1.165, 1.54) is 6.33 Å². The van der Waals surface area contributed by atoms with Crippen LogP contribution < -0.4 is 5.32 Å². The largest absolute Gasteiger partial charge is 0.373 e. The number of halogens is 3. The molecule has 27 heavy (non-hydrogen) atoms. The summed E-state index contributed by atoms with van der Waals surface area (Å²) in [7, 11) is 0. The van der Waals surface area contributed by atoms with Crippen LogP contribution in [0.4, 0.5) is 15.8 Å². The number of unbranched alkanes of at least 4 members (excludes halogenated alkanes) is 1. The number of aromatic amines is 1. The molecule has 1 aromatic heterocycles. The van der Waals surface area contributed by atoms with Crippen molar-refractivity contribution >= 4 is 55.7 Å². The fraction of sp³-hybridized carbons (Fsp3) is 0.263. The highest BCUT2D eigenvalue weighted by molar-refractivity contribution is 9.10. The fourth-order valence-electron chi connectivity index (χ4n) is 2.60. The minimum atomic E-state index is -0.621. The zero-order chi connectivity index (χ0) is 19.4. The third kappa shape index (κ3) is 4.48. The van der Waals surface area contributed by atoms with Crippen LogP contribution in [0.5, 0.6) is 0 Å². The van der Waals surface area contributed by atoms with Crippen molar-refractivity contribution in [3.05, 3.63) is 51.5 Å². The molecule has 5 nitrogen and oxygen atoms in total. The molecule has 0 aliphatic carbocycles. The Labute approximate surface area is 169 Å². The number of imidazole rings is 1. The van der Waals surface area contributed by atoms with E-state index >= 15 is 4.39 Å². The third-order valence-corrected chi connectivity index (χ3v) is 4.83. The first-order valence-electron chi connectivity index (χ1n) is 8.49. The van der Waals surface area contributed by atoms with Crippen LogP contribution >= 0.6 is 27.5 Å².